The van der Waals surface area contributed by atoms with Crippen LogP contribution in [0.2, 0.25) is 0 Å². The quantitative estimate of drug-likeness (QED) is 0.899. The van der Waals surface area contributed by atoms with E-state index in [2.05, 4.69) is 36.5 Å². The van der Waals surface area contributed by atoms with Crippen molar-refractivity contribution in [3.8, 4) is 0 Å². The average Bonchev–Trinajstić information content (AvgIpc) is 2.87. The van der Waals surface area contributed by atoms with Crippen LogP contribution in [0.25, 0.3) is 0 Å². The van der Waals surface area contributed by atoms with Crippen LogP contribution in [0.1, 0.15) is 38.8 Å². The zero-order valence-corrected chi connectivity index (χ0v) is 14.1. The van der Waals surface area contributed by atoms with E-state index in [4.69, 9.17) is 10.5 Å². The van der Waals surface area contributed by atoms with Gasteiger partial charge in [-0.25, -0.2) is 4.79 Å². The third-order valence-corrected chi connectivity index (χ3v) is 4.54. The van der Waals surface area contributed by atoms with E-state index in [-0.39, 0.29) is 11.5 Å². The second kappa shape index (κ2) is 6.29. The molecule has 4 heteroatoms. The maximum atomic E-state index is 11.9. The minimum atomic E-state index is -0.479. The van der Waals surface area contributed by atoms with Crippen molar-refractivity contribution in [2.75, 3.05) is 13.1 Å². The third-order valence-electron chi connectivity index (χ3n) is 4.54. The van der Waals surface area contributed by atoms with E-state index in [0.717, 1.165) is 12.8 Å². The van der Waals surface area contributed by atoms with Gasteiger partial charge in [0.05, 0.1) is 0 Å². The molecule has 1 amide bonds. The van der Waals surface area contributed by atoms with Crippen LogP contribution < -0.4 is 11.1 Å². The zero-order valence-electron chi connectivity index (χ0n) is 14.1. The van der Waals surface area contributed by atoms with Crippen molar-refractivity contribution in [3.05, 3.63) is 35.4 Å². The Kier molecular flexibility index (Phi) is 4.81. The highest BCUT2D eigenvalue weighted by molar-refractivity contribution is 5.67. The maximum Gasteiger partial charge on any atom is 0.407 e. The number of alkyl carbamates (subject to hydrolysis) is 1. The molecule has 0 spiro atoms. The number of carbonyl (C=O) groups excluding carboxylic acids is 1. The Hall–Kier alpha value is -1.55. The first-order valence-corrected chi connectivity index (χ1v) is 7.97. The lowest BCUT2D eigenvalue weighted by atomic mass is 9.75. The summed E-state index contributed by atoms with van der Waals surface area (Å²) in [4.78, 5) is 11.9. The first-order valence-electron chi connectivity index (χ1n) is 7.97. The first kappa shape index (κ1) is 16.8. The van der Waals surface area contributed by atoms with Crippen molar-refractivity contribution in [3.63, 3.8) is 0 Å². The highest BCUT2D eigenvalue weighted by Gasteiger charge is 2.37. The van der Waals surface area contributed by atoms with Crippen LogP contribution in [0.3, 0.4) is 0 Å². The minimum absolute atomic E-state index is 0.129. The van der Waals surface area contributed by atoms with Crippen molar-refractivity contribution in [2.45, 2.75) is 46.1 Å². The Bertz CT molecular complexity index is 511. The molecule has 4 nitrogen and oxygen atoms in total. The van der Waals surface area contributed by atoms with Crippen LogP contribution in [-0.2, 0) is 17.6 Å². The van der Waals surface area contributed by atoms with Crippen LogP contribution in [0.5, 0.6) is 0 Å². The molecule has 0 saturated heterocycles. The van der Waals surface area contributed by atoms with Crippen LogP contribution in [0, 0.1) is 11.3 Å². The van der Waals surface area contributed by atoms with E-state index in [1.54, 1.807) is 0 Å². The zero-order chi connectivity index (χ0) is 16.4. The van der Waals surface area contributed by atoms with Crippen LogP contribution in [-0.4, -0.2) is 24.8 Å². The van der Waals surface area contributed by atoms with Gasteiger partial charge in [-0.2, -0.15) is 0 Å². The van der Waals surface area contributed by atoms with Crippen LogP contribution in [0.15, 0.2) is 24.3 Å². The summed E-state index contributed by atoms with van der Waals surface area (Å²) in [6, 6.07) is 8.54. The fourth-order valence-electron chi connectivity index (χ4n) is 3.02. The van der Waals surface area contributed by atoms with E-state index in [0.29, 0.717) is 19.0 Å². The van der Waals surface area contributed by atoms with Gasteiger partial charge in [-0.1, -0.05) is 31.2 Å². The molecular formula is C18H28N2O2. The number of carbonyl (C=O) groups is 1. The van der Waals surface area contributed by atoms with Gasteiger partial charge >= 0.3 is 6.09 Å². The van der Waals surface area contributed by atoms with Crippen molar-refractivity contribution >= 4 is 6.09 Å². The summed E-state index contributed by atoms with van der Waals surface area (Å²) in [5, 5.41) is 2.89. The lowest BCUT2D eigenvalue weighted by Gasteiger charge is -2.35. The van der Waals surface area contributed by atoms with Gasteiger partial charge in [0.1, 0.15) is 5.60 Å². The maximum absolute atomic E-state index is 11.9. The molecule has 0 aliphatic heterocycles. The van der Waals surface area contributed by atoms with Gasteiger partial charge in [0.25, 0.3) is 0 Å². The summed E-state index contributed by atoms with van der Waals surface area (Å²) in [5.74, 6) is 0.449. The summed E-state index contributed by atoms with van der Waals surface area (Å²) in [6.07, 6.45) is 1.68. The van der Waals surface area contributed by atoms with Crippen molar-refractivity contribution < 1.29 is 9.53 Å². The molecule has 0 bridgehead atoms. The van der Waals surface area contributed by atoms with Crippen molar-refractivity contribution in [2.24, 2.45) is 17.1 Å². The highest BCUT2D eigenvalue weighted by atomic mass is 16.6. The Balaban J connectivity index is 1.97. The van der Waals surface area contributed by atoms with Gasteiger partial charge in [0.2, 0.25) is 0 Å². The monoisotopic (exact) mass is 304 g/mol. The molecule has 3 N–H and O–H groups in total. The predicted octanol–water partition coefficient (Wildman–Crippen LogP) is 2.89. The largest absolute Gasteiger partial charge is 0.444 e. The van der Waals surface area contributed by atoms with Gasteiger partial charge in [-0.05, 0) is 57.2 Å². The number of fused-ring (bicyclic) bond motifs is 1. The number of ether oxygens (including phenoxy) is 1. The molecule has 22 heavy (non-hydrogen) atoms. The molecule has 0 radical (unpaired) electrons. The molecule has 1 atom stereocenters. The average molecular weight is 304 g/mol. The number of amides is 1. The minimum Gasteiger partial charge on any atom is -0.444 e. The standard InChI is InChI=1S/C18H28N2O2/c1-17(2,3)22-16(21)20-12-18(4,11-19)15-9-13-7-5-6-8-14(13)10-15/h5-8,15H,9-12,19H2,1-4H3,(H,20,21). The van der Waals surface area contributed by atoms with E-state index < -0.39 is 5.60 Å². The topological polar surface area (TPSA) is 64.3 Å². The molecule has 1 aromatic rings. The van der Waals surface area contributed by atoms with Gasteiger partial charge in [0, 0.05) is 12.0 Å². The van der Waals surface area contributed by atoms with Gasteiger partial charge in [0.15, 0.2) is 0 Å². The molecule has 0 aromatic heterocycles. The van der Waals surface area contributed by atoms with E-state index >= 15 is 0 Å². The summed E-state index contributed by atoms with van der Waals surface area (Å²) in [7, 11) is 0. The fraction of sp³-hybridized carbons (Fsp3) is 0.611. The molecule has 2 rings (SSSR count). The number of hydrogen-bond acceptors (Lipinski definition) is 3. The first-order chi connectivity index (χ1) is 10.2. The van der Waals surface area contributed by atoms with E-state index in [1.807, 2.05) is 20.8 Å². The Morgan fingerprint density at radius 3 is 2.23 bits per heavy atom. The van der Waals surface area contributed by atoms with Crippen molar-refractivity contribution in [1.82, 2.24) is 5.32 Å². The molecule has 0 saturated carbocycles. The smallest absolute Gasteiger partial charge is 0.407 e. The summed E-state index contributed by atoms with van der Waals surface area (Å²) in [5.41, 5.74) is 8.25. The number of rotatable bonds is 4. The second-order valence-corrected chi connectivity index (χ2v) is 7.59. The van der Waals surface area contributed by atoms with Crippen molar-refractivity contribution in [1.29, 1.82) is 0 Å². The summed E-state index contributed by atoms with van der Waals surface area (Å²) >= 11 is 0. The van der Waals surface area contributed by atoms with E-state index in [1.165, 1.54) is 11.1 Å². The number of nitrogens with two attached hydrogens (primary N) is 1. The molecule has 1 unspecified atom stereocenters. The molecule has 122 valence electrons. The molecule has 0 heterocycles. The molecule has 0 fully saturated rings. The van der Waals surface area contributed by atoms with Gasteiger partial charge < -0.3 is 15.8 Å². The number of benzene rings is 1. The van der Waals surface area contributed by atoms with Gasteiger partial charge in [-0.15, -0.1) is 0 Å². The SMILES string of the molecule is CC(C)(C)OC(=O)NCC(C)(CN)C1Cc2ccccc2C1. The Morgan fingerprint density at radius 1 is 1.23 bits per heavy atom. The van der Waals surface area contributed by atoms with Crippen LogP contribution >= 0.6 is 0 Å². The molecule has 1 aliphatic rings. The van der Waals surface area contributed by atoms with Gasteiger partial charge in [-0.3, -0.25) is 0 Å². The third kappa shape index (κ3) is 4.01. The molecule has 1 aliphatic carbocycles. The lowest BCUT2D eigenvalue weighted by molar-refractivity contribution is 0.0486. The molecule has 1 aromatic carbocycles. The highest BCUT2D eigenvalue weighted by Crippen LogP contribution is 2.38. The Morgan fingerprint density at radius 2 is 1.77 bits per heavy atom. The molecular weight excluding hydrogens is 276 g/mol. The number of hydrogen-bond donors (Lipinski definition) is 2. The lowest BCUT2D eigenvalue weighted by Crippen LogP contribution is -2.46. The normalized spacial score (nSPS) is 17.7. The summed E-state index contributed by atoms with van der Waals surface area (Å²) in [6.45, 7) is 8.83. The Labute approximate surface area is 133 Å². The van der Waals surface area contributed by atoms with E-state index in [9.17, 15) is 4.79 Å². The second-order valence-electron chi connectivity index (χ2n) is 7.59. The number of nitrogens with one attached hydrogen (secondary N) is 1. The fourth-order valence-corrected chi connectivity index (χ4v) is 3.02. The van der Waals surface area contributed by atoms with Crippen LogP contribution in [0.4, 0.5) is 4.79 Å². The predicted molar refractivity (Wildman–Crippen MR) is 88.7 cm³/mol. The summed E-state index contributed by atoms with van der Waals surface area (Å²) < 4.78 is 5.31.